The predicted octanol–water partition coefficient (Wildman–Crippen LogP) is 2.82. The number of nitrogens with zero attached hydrogens (tertiary/aromatic N) is 1. The molecule has 1 aromatic carbocycles. The van der Waals surface area contributed by atoms with Crippen LogP contribution in [0.25, 0.3) is 10.1 Å². The van der Waals surface area contributed by atoms with E-state index in [0.717, 1.165) is 11.1 Å². The lowest BCUT2D eigenvalue weighted by atomic mass is 10.00. The maximum absolute atomic E-state index is 12.4. The Kier molecular flexibility index (Phi) is 4.04. The van der Waals surface area contributed by atoms with E-state index in [1.54, 1.807) is 10.0 Å². The second kappa shape index (κ2) is 5.57. The van der Waals surface area contributed by atoms with Gasteiger partial charge in [0.05, 0.1) is 17.2 Å². The van der Waals surface area contributed by atoms with Gasteiger partial charge >= 0.3 is 5.97 Å². The Morgan fingerprint density at radius 2 is 2.11 bits per heavy atom. The maximum atomic E-state index is 12.4. The monoisotopic (exact) mass is 279 g/mol. The SMILES string of the molecule is CC[C@H](C)[C@@H](C(=O)OC)n1sc2ccccc2c1=O. The van der Waals surface area contributed by atoms with Crippen molar-refractivity contribution in [2.45, 2.75) is 26.3 Å². The minimum Gasteiger partial charge on any atom is -0.467 e. The van der Waals surface area contributed by atoms with Crippen molar-refractivity contribution < 1.29 is 9.53 Å². The molecule has 0 aliphatic rings. The van der Waals surface area contributed by atoms with E-state index in [1.165, 1.54) is 18.6 Å². The number of methoxy groups -OCH3 is 1. The molecule has 0 N–H and O–H groups in total. The summed E-state index contributed by atoms with van der Waals surface area (Å²) in [6.45, 7) is 3.96. The molecular formula is C14H17NO3S. The van der Waals surface area contributed by atoms with E-state index < -0.39 is 6.04 Å². The van der Waals surface area contributed by atoms with Crippen LogP contribution in [0.4, 0.5) is 0 Å². The van der Waals surface area contributed by atoms with Gasteiger partial charge in [0.1, 0.15) is 6.04 Å². The van der Waals surface area contributed by atoms with Crippen LogP contribution in [0.1, 0.15) is 26.3 Å². The Morgan fingerprint density at radius 3 is 2.68 bits per heavy atom. The number of ether oxygens (including phenoxy) is 1. The summed E-state index contributed by atoms with van der Waals surface area (Å²) >= 11 is 1.32. The largest absolute Gasteiger partial charge is 0.467 e. The molecule has 5 heteroatoms. The van der Waals surface area contributed by atoms with Crippen LogP contribution in [0.3, 0.4) is 0 Å². The molecule has 0 spiro atoms. The first-order valence-corrected chi connectivity index (χ1v) is 7.05. The third-order valence-corrected chi connectivity index (χ3v) is 4.53. The van der Waals surface area contributed by atoms with Gasteiger partial charge in [0, 0.05) is 0 Å². The molecule has 0 saturated heterocycles. The quantitative estimate of drug-likeness (QED) is 0.809. The number of rotatable bonds is 4. The molecule has 0 radical (unpaired) electrons. The molecule has 0 amide bonds. The average molecular weight is 279 g/mol. The zero-order chi connectivity index (χ0) is 14.0. The highest BCUT2D eigenvalue weighted by molar-refractivity contribution is 7.14. The fraction of sp³-hybridized carbons (Fsp3) is 0.429. The number of esters is 1. The molecule has 2 rings (SSSR count). The molecular weight excluding hydrogens is 262 g/mol. The van der Waals surface area contributed by atoms with Crippen molar-refractivity contribution in [1.82, 2.24) is 3.96 Å². The molecule has 1 aromatic heterocycles. The first-order chi connectivity index (χ1) is 9.10. The molecule has 4 nitrogen and oxygen atoms in total. The van der Waals surface area contributed by atoms with E-state index in [0.29, 0.717) is 5.39 Å². The lowest BCUT2D eigenvalue weighted by molar-refractivity contribution is -0.146. The highest BCUT2D eigenvalue weighted by atomic mass is 32.1. The summed E-state index contributed by atoms with van der Waals surface area (Å²) in [7, 11) is 1.36. The molecule has 0 fully saturated rings. The van der Waals surface area contributed by atoms with Gasteiger partial charge in [-0.15, -0.1) is 0 Å². The molecule has 0 bridgehead atoms. The summed E-state index contributed by atoms with van der Waals surface area (Å²) < 4.78 is 7.29. The highest BCUT2D eigenvalue weighted by Gasteiger charge is 2.29. The van der Waals surface area contributed by atoms with Gasteiger partial charge < -0.3 is 4.74 Å². The number of benzene rings is 1. The lowest BCUT2D eigenvalue weighted by Gasteiger charge is -2.20. The van der Waals surface area contributed by atoms with Gasteiger partial charge in [-0.05, 0) is 18.1 Å². The zero-order valence-corrected chi connectivity index (χ0v) is 12.1. The summed E-state index contributed by atoms with van der Waals surface area (Å²) in [5, 5.41) is 0.657. The molecule has 1 heterocycles. The van der Waals surface area contributed by atoms with Crippen molar-refractivity contribution in [2.24, 2.45) is 5.92 Å². The molecule has 0 saturated carbocycles. The Bertz CT molecular complexity index is 643. The van der Waals surface area contributed by atoms with E-state index in [-0.39, 0.29) is 17.4 Å². The van der Waals surface area contributed by atoms with Gasteiger partial charge in [0.2, 0.25) is 0 Å². The molecule has 0 aliphatic carbocycles. The van der Waals surface area contributed by atoms with Crippen LogP contribution in [0.5, 0.6) is 0 Å². The molecule has 0 aliphatic heterocycles. The molecule has 19 heavy (non-hydrogen) atoms. The van der Waals surface area contributed by atoms with E-state index >= 15 is 0 Å². The molecule has 0 unspecified atom stereocenters. The normalized spacial score (nSPS) is 14.3. The maximum Gasteiger partial charge on any atom is 0.330 e. The average Bonchev–Trinajstić information content (AvgIpc) is 2.76. The van der Waals surface area contributed by atoms with Gasteiger partial charge in [0.25, 0.3) is 5.56 Å². The standard InChI is InChI=1S/C14H17NO3S/c1-4-9(2)12(14(17)18-3)15-13(16)10-7-5-6-8-11(10)19-15/h5-9,12H,4H2,1-3H3/t9-,12-/m0/s1. The smallest absolute Gasteiger partial charge is 0.330 e. The molecule has 2 atom stereocenters. The van der Waals surface area contributed by atoms with Crippen molar-refractivity contribution in [3.63, 3.8) is 0 Å². The van der Waals surface area contributed by atoms with Crippen molar-refractivity contribution in [3.05, 3.63) is 34.6 Å². The fourth-order valence-electron chi connectivity index (χ4n) is 2.08. The first-order valence-electron chi connectivity index (χ1n) is 6.28. The summed E-state index contributed by atoms with van der Waals surface area (Å²) in [6.07, 6.45) is 0.806. The Hall–Kier alpha value is -1.62. The van der Waals surface area contributed by atoms with Crippen LogP contribution in [0.2, 0.25) is 0 Å². The van der Waals surface area contributed by atoms with Crippen LogP contribution in [0.15, 0.2) is 29.1 Å². The van der Waals surface area contributed by atoms with Crippen molar-refractivity contribution in [3.8, 4) is 0 Å². The number of carbonyl (C=O) groups excluding carboxylic acids is 1. The lowest BCUT2D eigenvalue weighted by Crippen LogP contribution is -2.31. The van der Waals surface area contributed by atoms with Gasteiger partial charge in [-0.3, -0.25) is 4.79 Å². The first kappa shape index (κ1) is 13.8. The fourth-order valence-corrected chi connectivity index (χ4v) is 3.27. The van der Waals surface area contributed by atoms with Gasteiger partial charge in [-0.25, -0.2) is 8.75 Å². The van der Waals surface area contributed by atoms with E-state index in [1.807, 2.05) is 32.0 Å². The zero-order valence-electron chi connectivity index (χ0n) is 11.3. The van der Waals surface area contributed by atoms with Crippen molar-refractivity contribution in [2.75, 3.05) is 7.11 Å². The Labute approximate surface area is 115 Å². The molecule has 102 valence electrons. The number of carbonyl (C=O) groups is 1. The van der Waals surface area contributed by atoms with E-state index in [4.69, 9.17) is 4.74 Å². The third-order valence-electron chi connectivity index (χ3n) is 3.39. The topological polar surface area (TPSA) is 48.3 Å². The second-order valence-electron chi connectivity index (χ2n) is 4.57. The number of fused-ring (bicyclic) bond motifs is 1. The van der Waals surface area contributed by atoms with Crippen LogP contribution < -0.4 is 5.56 Å². The van der Waals surface area contributed by atoms with Crippen molar-refractivity contribution >= 4 is 27.6 Å². The number of hydrogen-bond donors (Lipinski definition) is 0. The number of aromatic nitrogens is 1. The minimum atomic E-state index is -0.542. The summed E-state index contributed by atoms with van der Waals surface area (Å²) in [6, 6.07) is 6.86. The van der Waals surface area contributed by atoms with E-state index in [2.05, 4.69) is 0 Å². The summed E-state index contributed by atoms with van der Waals surface area (Å²) in [5.74, 6) is -0.304. The Morgan fingerprint density at radius 1 is 1.42 bits per heavy atom. The van der Waals surface area contributed by atoms with Gasteiger partial charge in [-0.2, -0.15) is 0 Å². The van der Waals surface area contributed by atoms with Crippen LogP contribution in [-0.4, -0.2) is 17.0 Å². The Balaban J connectivity index is 2.59. The number of hydrogen-bond acceptors (Lipinski definition) is 4. The van der Waals surface area contributed by atoms with Gasteiger partial charge in [0.15, 0.2) is 0 Å². The second-order valence-corrected chi connectivity index (χ2v) is 5.59. The van der Waals surface area contributed by atoms with Gasteiger partial charge in [-0.1, -0.05) is 43.9 Å². The highest BCUT2D eigenvalue weighted by Crippen LogP contribution is 2.26. The summed E-state index contributed by atoms with van der Waals surface area (Å²) in [4.78, 5) is 24.3. The van der Waals surface area contributed by atoms with Crippen LogP contribution >= 0.6 is 11.5 Å². The van der Waals surface area contributed by atoms with Crippen molar-refractivity contribution in [1.29, 1.82) is 0 Å². The minimum absolute atomic E-state index is 0.0539. The van der Waals surface area contributed by atoms with Crippen LogP contribution in [-0.2, 0) is 9.53 Å². The van der Waals surface area contributed by atoms with Crippen LogP contribution in [0, 0.1) is 5.92 Å². The predicted molar refractivity (Wildman–Crippen MR) is 76.6 cm³/mol. The van der Waals surface area contributed by atoms with E-state index in [9.17, 15) is 9.59 Å². The summed E-state index contributed by atoms with van der Waals surface area (Å²) in [5.41, 5.74) is -0.115. The molecule has 2 aromatic rings. The third kappa shape index (κ3) is 2.42.